The van der Waals surface area contributed by atoms with Crippen LogP contribution in [0.2, 0.25) is 0 Å². The zero-order chi connectivity index (χ0) is 14.4. The van der Waals surface area contributed by atoms with Gasteiger partial charge in [0.1, 0.15) is 0 Å². The van der Waals surface area contributed by atoms with Gasteiger partial charge < -0.3 is 15.0 Å². The zero-order valence-electron chi connectivity index (χ0n) is 12.4. The first-order chi connectivity index (χ1) is 8.95. The number of carbonyl (C=O) groups is 1. The van der Waals surface area contributed by atoms with Crippen LogP contribution in [0.1, 0.15) is 26.3 Å². The van der Waals surface area contributed by atoms with Gasteiger partial charge in [-0.05, 0) is 25.5 Å². The molecule has 0 saturated heterocycles. The van der Waals surface area contributed by atoms with E-state index in [1.807, 2.05) is 31.2 Å². The quantitative estimate of drug-likeness (QED) is 0.858. The standard InChI is InChI=1S/C15H24N2O2/c1-11(12(2)19-5)16-15-9-7-6-8-14(15)10-17(4)13(3)18/h6-9,11-12,16H,10H2,1-5H3. The van der Waals surface area contributed by atoms with E-state index >= 15 is 0 Å². The second-order valence-electron chi connectivity index (χ2n) is 4.91. The van der Waals surface area contributed by atoms with Gasteiger partial charge in [-0.15, -0.1) is 0 Å². The van der Waals surface area contributed by atoms with Gasteiger partial charge in [-0.2, -0.15) is 0 Å². The van der Waals surface area contributed by atoms with Crippen molar-refractivity contribution in [3.8, 4) is 0 Å². The summed E-state index contributed by atoms with van der Waals surface area (Å²) in [6.07, 6.45) is 0.124. The van der Waals surface area contributed by atoms with Crippen molar-refractivity contribution < 1.29 is 9.53 Å². The van der Waals surface area contributed by atoms with Gasteiger partial charge >= 0.3 is 0 Å². The molecule has 0 fully saturated rings. The second-order valence-corrected chi connectivity index (χ2v) is 4.91. The van der Waals surface area contributed by atoms with Gasteiger partial charge in [-0.25, -0.2) is 0 Å². The molecule has 1 aromatic carbocycles. The molecule has 0 heterocycles. The van der Waals surface area contributed by atoms with Crippen molar-refractivity contribution in [1.29, 1.82) is 0 Å². The summed E-state index contributed by atoms with van der Waals surface area (Å²) in [6.45, 7) is 6.29. The number of para-hydroxylation sites is 1. The Morgan fingerprint density at radius 1 is 1.37 bits per heavy atom. The Kier molecular flexibility index (Phi) is 5.83. The number of nitrogens with one attached hydrogen (secondary N) is 1. The molecule has 2 atom stereocenters. The fraction of sp³-hybridized carbons (Fsp3) is 0.533. The van der Waals surface area contributed by atoms with Gasteiger partial charge in [0, 0.05) is 39.4 Å². The van der Waals surface area contributed by atoms with Crippen LogP contribution in [0.3, 0.4) is 0 Å². The van der Waals surface area contributed by atoms with Crippen molar-refractivity contribution in [2.24, 2.45) is 0 Å². The van der Waals surface area contributed by atoms with E-state index in [-0.39, 0.29) is 18.1 Å². The Balaban J connectivity index is 2.81. The lowest BCUT2D eigenvalue weighted by Crippen LogP contribution is -2.30. The molecule has 0 aliphatic carbocycles. The largest absolute Gasteiger partial charge is 0.380 e. The van der Waals surface area contributed by atoms with Crippen LogP contribution in [0.5, 0.6) is 0 Å². The summed E-state index contributed by atoms with van der Waals surface area (Å²) in [6, 6.07) is 8.24. The molecule has 4 heteroatoms. The fourth-order valence-electron chi connectivity index (χ4n) is 1.73. The van der Waals surface area contributed by atoms with Gasteiger partial charge in [0.15, 0.2) is 0 Å². The third-order valence-electron chi connectivity index (χ3n) is 3.42. The van der Waals surface area contributed by atoms with Crippen LogP contribution in [0.25, 0.3) is 0 Å². The van der Waals surface area contributed by atoms with E-state index < -0.39 is 0 Å². The molecule has 0 spiro atoms. The van der Waals surface area contributed by atoms with Crippen molar-refractivity contribution in [3.63, 3.8) is 0 Å². The lowest BCUT2D eigenvalue weighted by molar-refractivity contribution is -0.128. The number of amides is 1. The normalized spacial score (nSPS) is 13.7. The van der Waals surface area contributed by atoms with E-state index in [0.717, 1.165) is 11.3 Å². The molecule has 0 saturated carbocycles. The molecule has 1 aromatic rings. The van der Waals surface area contributed by atoms with Crippen LogP contribution >= 0.6 is 0 Å². The minimum absolute atomic E-state index is 0.0631. The number of benzene rings is 1. The SMILES string of the molecule is COC(C)C(C)Nc1ccccc1CN(C)C(C)=O. The number of rotatable bonds is 6. The predicted octanol–water partition coefficient (Wildman–Crippen LogP) is 2.50. The lowest BCUT2D eigenvalue weighted by Gasteiger charge is -2.24. The van der Waals surface area contributed by atoms with Crippen LogP contribution in [-0.2, 0) is 16.1 Å². The molecule has 0 aliphatic heterocycles. The van der Waals surface area contributed by atoms with Crippen molar-refractivity contribution in [1.82, 2.24) is 4.90 Å². The van der Waals surface area contributed by atoms with Gasteiger partial charge in [-0.1, -0.05) is 18.2 Å². The Morgan fingerprint density at radius 3 is 2.58 bits per heavy atom. The van der Waals surface area contributed by atoms with Gasteiger partial charge in [-0.3, -0.25) is 4.79 Å². The molecular formula is C15H24N2O2. The van der Waals surface area contributed by atoms with Gasteiger partial charge in [0.05, 0.1) is 6.10 Å². The highest BCUT2D eigenvalue weighted by Crippen LogP contribution is 2.19. The maximum absolute atomic E-state index is 11.3. The smallest absolute Gasteiger partial charge is 0.219 e. The fourth-order valence-corrected chi connectivity index (χ4v) is 1.73. The molecule has 19 heavy (non-hydrogen) atoms. The van der Waals surface area contributed by atoms with E-state index in [4.69, 9.17) is 4.74 Å². The van der Waals surface area contributed by atoms with Crippen LogP contribution in [0.4, 0.5) is 5.69 Å². The van der Waals surface area contributed by atoms with E-state index in [9.17, 15) is 4.79 Å². The van der Waals surface area contributed by atoms with Crippen LogP contribution in [0.15, 0.2) is 24.3 Å². The molecule has 1 rings (SSSR count). The van der Waals surface area contributed by atoms with E-state index in [1.165, 1.54) is 0 Å². The van der Waals surface area contributed by atoms with Crippen LogP contribution in [-0.4, -0.2) is 37.1 Å². The first-order valence-electron chi connectivity index (χ1n) is 6.54. The number of ether oxygens (including phenoxy) is 1. The maximum atomic E-state index is 11.3. The molecule has 0 radical (unpaired) electrons. The monoisotopic (exact) mass is 264 g/mol. The van der Waals surface area contributed by atoms with Crippen molar-refractivity contribution in [3.05, 3.63) is 29.8 Å². The summed E-state index contributed by atoms with van der Waals surface area (Å²) in [5.41, 5.74) is 2.15. The van der Waals surface area contributed by atoms with Crippen LogP contribution in [0, 0.1) is 0 Å². The Labute approximate surface area is 115 Å². The summed E-state index contributed by atoms with van der Waals surface area (Å²) in [5.74, 6) is 0.0631. The summed E-state index contributed by atoms with van der Waals surface area (Å²) in [7, 11) is 3.51. The second kappa shape index (κ2) is 7.14. The number of hydrogen-bond acceptors (Lipinski definition) is 3. The lowest BCUT2D eigenvalue weighted by atomic mass is 10.1. The number of nitrogens with zero attached hydrogens (tertiary/aromatic N) is 1. The molecule has 106 valence electrons. The minimum atomic E-state index is 0.0631. The van der Waals surface area contributed by atoms with Gasteiger partial charge in [0.25, 0.3) is 0 Å². The summed E-state index contributed by atoms with van der Waals surface area (Å²) < 4.78 is 5.32. The maximum Gasteiger partial charge on any atom is 0.219 e. The molecule has 1 N–H and O–H groups in total. The topological polar surface area (TPSA) is 41.6 Å². The zero-order valence-corrected chi connectivity index (χ0v) is 12.4. The Bertz CT molecular complexity index is 420. The predicted molar refractivity (Wildman–Crippen MR) is 78.1 cm³/mol. The number of carbonyl (C=O) groups excluding carboxylic acids is 1. The summed E-state index contributed by atoms with van der Waals surface area (Å²) in [4.78, 5) is 13.0. The Morgan fingerprint density at radius 2 is 2.00 bits per heavy atom. The molecule has 0 aromatic heterocycles. The molecule has 0 bridgehead atoms. The third-order valence-corrected chi connectivity index (χ3v) is 3.42. The van der Waals surface area contributed by atoms with Crippen molar-refractivity contribution in [2.45, 2.75) is 39.5 Å². The van der Waals surface area contributed by atoms with E-state index in [0.29, 0.717) is 6.54 Å². The highest BCUT2D eigenvalue weighted by Gasteiger charge is 2.13. The van der Waals surface area contributed by atoms with Gasteiger partial charge in [0.2, 0.25) is 5.91 Å². The summed E-state index contributed by atoms with van der Waals surface area (Å²) >= 11 is 0. The molecular weight excluding hydrogens is 240 g/mol. The highest BCUT2D eigenvalue weighted by molar-refractivity contribution is 5.73. The van der Waals surface area contributed by atoms with E-state index in [2.05, 4.69) is 12.2 Å². The first kappa shape index (κ1) is 15.5. The summed E-state index contributed by atoms with van der Waals surface area (Å²) in [5, 5.41) is 3.44. The molecule has 2 unspecified atom stereocenters. The number of anilines is 1. The number of hydrogen-bond donors (Lipinski definition) is 1. The highest BCUT2D eigenvalue weighted by atomic mass is 16.5. The minimum Gasteiger partial charge on any atom is -0.380 e. The van der Waals surface area contributed by atoms with Crippen LogP contribution < -0.4 is 5.32 Å². The molecule has 4 nitrogen and oxygen atoms in total. The average molecular weight is 264 g/mol. The van der Waals surface area contributed by atoms with Crippen molar-refractivity contribution >= 4 is 11.6 Å². The third kappa shape index (κ3) is 4.56. The van der Waals surface area contributed by atoms with E-state index in [1.54, 1.807) is 26.0 Å². The molecule has 0 aliphatic rings. The molecule has 1 amide bonds. The Hall–Kier alpha value is -1.55. The first-order valence-corrected chi connectivity index (χ1v) is 6.54. The number of methoxy groups -OCH3 is 1. The average Bonchev–Trinajstić information content (AvgIpc) is 2.39. The van der Waals surface area contributed by atoms with Crippen molar-refractivity contribution in [2.75, 3.05) is 19.5 Å².